The summed E-state index contributed by atoms with van der Waals surface area (Å²) in [4.78, 5) is 11.8. The Balaban J connectivity index is 2.50. The normalized spacial score (nSPS) is 12.9. The minimum Gasteiger partial charge on any atom is -0.544 e. The third-order valence-electron chi connectivity index (χ3n) is 5.62. The van der Waals surface area contributed by atoms with Crippen LogP contribution in [0.3, 0.4) is 0 Å². The summed E-state index contributed by atoms with van der Waals surface area (Å²) >= 11 is 0. The van der Waals surface area contributed by atoms with Crippen LogP contribution < -0.4 is 13.9 Å². The van der Waals surface area contributed by atoms with Gasteiger partial charge in [-0.15, -0.1) is 0 Å². The maximum absolute atomic E-state index is 11.8. The Hall–Kier alpha value is -2.25. The van der Waals surface area contributed by atoms with Crippen molar-refractivity contribution in [2.45, 2.75) is 58.4 Å². The molecule has 0 aliphatic rings. The maximum Gasteiger partial charge on any atom is 0.250 e. The first-order valence-corrected chi connectivity index (χ1v) is 13.4. The Labute approximate surface area is 188 Å². The molecule has 0 amide bonds. The highest BCUT2D eigenvalue weighted by atomic mass is 28.4. The number of carbonyl (C=O) groups excluding carboxylic acids is 1. The molecule has 2 radical (unpaired) electrons. The first kappa shape index (κ1) is 25.0. The second-order valence-electron chi connectivity index (χ2n) is 8.80. The summed E-state index contributed by atoms with van der Waals surface area (Å²) in [6, 6.07) is 11.1. The van der Waals surface area contributed by atoms with Gasteiger partial charge in [-0.25, -0.2) is 0 Å². The molecule has 5 nitrogen and oxygen atoms in total. The van der Waals surface area contributed by atoms with Gasteiger partial charge in [0.1, 0.15) is 5.75 Å². The number of rotatable bonds is 10. The summed E-state index contributed by atoms with van der Waals surface area (Å²) in [5.74, 6) is 1.73. The van der Waals surface area contributed by atoms with Crippen molar-refractivity contribution < 1.29 is 23.4 Å². The van der Waals surface area contributed by atoms with E-state index in [9.17, 15) is 4.79 Å². The molecule has 2 rings (SSSR count). The third-order valence-corrected chi connectivity index (χ3v) is 9.98. The molecule has 0 fully saturated rings. The highest BCUT2D eigenvalue weighted by Gasteiger charge is 2.39. The van der Waals surface area contributed by atoms with Gasteiger partial charge >= 0.3 is 0 Å². The molecule has 7 heteroatoms. The average molecular weight is 440 g/mol. The van der Waals surface area contributed by atoms with Crippen LogP contribution in [-0.4, -0.2) is 42.5 Å². The monoisotopic (exact) mass is 440 g/mol. The van der Waals surface area contributed by atoms with Crippen LogP contribution in [0, 0.1) is 0 Å². The fraction of sp³-hybridized carbons (Fsp3) is 0.458. The minimum absolute atomic E-state index is 0.0979. The molecular formula is C24H33BO5Si. The second-order valence-corrected chi connectivity index (χ2v) is 13.5. The Morgan fingerprint density at radius 3 is 2.23 bits per heavy atom. The fourth-order valence-electron chi connectivity index (χ4n) is 2.86. The smallest absolute Gasteiger partial charge is 0.250 e. The Kier molecular flexibility index (Phi) is 8.37. The van der Waals surface area contributed by atoms with Gasteiger partial charge in [0, 0.05) is 17.7 Å². The van der Waals surface area contributed by atoms with Crippen LogP contribution >= 0.6 is 0 Å². The molecule has 0 heterocycles. The van der Waals surface area contributed by atoms with Gasteiger partial charge in [0.05, 0.1) is 15.0 Å². The van der Waals surface area contributed by atoms with Crippen LogP contribution in [0.15, 0.2) is 36.4 Å². The molecular weight excluding hydrogens is 407 g/mol. The third kappa shape index (κ3) is 5.92. The summed E-state index contributed by atoms with van der Waals surface area (Å²) in [6.45, 7) is 13.3. The van der Waals surface area contributed by atoms with E-state index in [2.05, 4.69) is 33.9 Å². The Morgan fingerprint density at radius 2 is 1.74 bits per heavy atom. The van der Waals surface area contributed by atoms with Gasteiger partial charge in [0.2, 0.25) is 8.32 Å². The lowest BCUT2D eigenvalue weighted by atomic mass is 9.98. The summed E-state index contributed by atoms with van der Waals surface area (Å²) in [6.07, 6.45) is 0.321. The first-order valence-electron chi connectivity index (χ1n) is 10.5. The zero-order chi connectivity index (χ0) is 23.2. The van der Waals surface area contributed by atoms with Crippen molar-refractivity contribution in [2.75, 3.05) is 13.7 Å². The van der Waals surface area contributed by atoms with Gasteiger partial charge in [-0.2, -0.15) is 0 Å². The van der Waals surface area contributed by atoms with Crippen LogP contribution in [0.5, 0.6) is 17.2 Å². The molecule has 0 saturated carbocycles. The number of methoxy groups -OCH3 is 1. The summed E-state index contributed by atoms with van der Waals surface area (Å²) < 4.78 is 23.5. The highest BCUT2D eigenvalue weighted by molar-refractivity contribution is 6.74. The average Bonchev–Trinajstić information content (AvgIpc) is 2.72. The molecule has 0 N–H and O–H groups in total. The predicted octanol–water partition coefficient (Wildman–Crippen LogP) is 5.89. The molecule has 1 atom stereocenters. The lowest BCUT2D eigenvalue weighted by molar-refractivity contribution is -0.0614. The van der Waals surface area contributed by atoms with E-state index in [1.165, 1.54) is 0 Å². The van der Waals surface area contributed by atoms with Gasteiger partial charge in [0.15, 0.2) is 24.1 Å². The van der Waals surface area contributed by atoms with E-state index in [0.29, 0.717) is 29.2 Å². The number of aldehydes is 1. The molecule has 0 aliphatic carbocycles. The van der Waals surface area contributed by atoms with Crippen molar-refractivity contribution >= 4 is 22.4 Å². The SMILES string of the molecule is [B]CC(OCC)Oc1c(OC)ccc(C=O)c1-c1ccc(O[Si](C)(C)C(C)(C)C)cc1. The molecule has 166 valence electrons. The van der Waals surface area contributed by atoms with Crippen LogP contribution in [0.4, 0.5) is 0 Å². The Bertz CT molecular complexity index is 875. The zero-order valence-electron chi connectivity index (χ0n) is 19.7. The minimum atomic E-state index is -1.95. The molecule has 2 aromatic carbocycles. The lowest BCUT2D eigenvalue weighted by Gasteiger charge is -2.36. The molecule has 0 spiro atoms. The van der Waals surface area contributed by atoms with Crippen molar-refractivity contribution in [3.63, 3.8) is 0 Å². The highest BCUT2D eigenvalue weighted by Crippen LogP contribution is 2.42. The summed E-state index contributed by atoms with van der Waals surface area (Å²) in [5.41, 5.74) is 1.93. The fourth-order valence-corrected chi connectivity index (χ4v) is 3.89. The quantitative estimate of drug-likeness (QED) is 0.262. The molecule has 0 bridgehead atoms. The number of hydrogen-bond donors (Lipinski definition) is 0. The van der Waals surface area contributed by atoms with Crippen LogP contribution in [0.2, 0.25) is 24.5 Å². The molecule has 0 aliphatic heterocycles. The van der Waals surface area contributed by atoms with E-state index >= 15 is 0 Å². The molecule has 31 heavy (non-hydrogen) atoms. The molecule has 0 saturated heterocycles. The van der Waals surface area contributed by atoms with E-state index in [0.717, 1.165) is 17.6 Å². The van der Waals surface area contributed by atoms with Crippen molar-refractivity contribution in [1.82, 2.24) is 0 Å². The lowest BCUT2D eigenvalue weighted by Crippen LogP contribution is -2.43. The van der Waals surface area contributed by atoms with Gasteiger partial charge in [-0.05, 0) is 61.2 Å². The maximum atomic E-state index is 11.8. The molecule has 2 aromatic rings. The topological polar surface area (TPSA) is 54.0 Å². The largest absolute Gasteiger partial charge is 0.544 e. The Morgan fingerprint density at radius 1 is 1.10 bits per heavy atom. The number of ether oxygens (including phenoxy) is 3. The van der Waals surface area contributed by atoms with Gasteiger partial charge in [-0.3, -0.25) is 4.79 Å². The molecule has 0 aromatic heterocycles. The second kappa shape index (κ2) is 10.4. The van der Waals surface area contributed by atoms with Gasteiger partial charge in [-0.1, -0.05) is 32.9 Å². The summed E-state index contributed by atoms with van der Waals surface area (Å²) in [5, 5.41) is 0.0979. The summed E-state index contributed by atoms with van der Waals surface area (Å²) in [7, 11) is 5.40. The van der Waals surface area contributed by atoms with Crippen LogP contribution in [-0.2, 0) is 4.74 Å². The first-order chi connectivity index (χ1) is 14.6. The van der Waals surface area contributed by atoms with E-state index in [4.69, 9.17) is 26.5 Å². The van der Waals surface area contributed by atoms with Crippen molar-refractivity contribution in [1.29, 1.82) is 0 Å². The van der Waals surface area contributed by atoms with E-state index in [-0.39, 0.29) is 11.4 Å². The van der Waals surface area contributed by atoms with Crippen molar-refractivity contribution in [2.24, 2.45) is 0 Å². The molecule has 1 unspecified atom stereocenters. The van der Waals surface area contributed by atoms with Crippen LogP contribution in [0.1, 0.15) is 38.1 Å². The van der Waals surface area contributed by atoms with Crippen LogP contribution in [0.25, 0.3) is 11.1 Å². The van der Waals surface area contributed by atoms with Crippen molar-refractivity contribution in [3.05, 3.63) is 42.0 Å². The standard InChI is InChI=1S/C24H33BO5Si/c1-8-28-21(15-25)29-23-20(27-5)14-11-18(16-26)22(23)17-9-12-19(13-10-17)30-31(6,7)24(2,3)4/h9-14,16,21H,8,15H2,1-7H3. The zero-order valence-corrected chi connectivity index (χ0v) is 20.7. The van der Waals surface area contributed by atoms with Gasteiger partial charge in [0.25, 0.3) is 0 Å². The number of carbonyl (C=O) groups is 1. The number of benzene rings is 2. The van der Waals surface area contributed by atoms with Crippen molar-refractivity contribution in [3.8, 4) is 28.4 Å². The predicted molar refractivity (Wildman–Crippen MR) is 128 cm³/mol. The van der Waals surface area contributed by atoms with E-state index < -0.39 is 14.6 Å². The van der Waals surface area contributed by atoms with Gasteiger partial charge < -0.3 is 18.6 Å². The van der Waals surface area contributed by atoms with E-state index in [1.54, 1.807) is 19.2 Å². The van der Waals surface area contributed by atoms with E-state index in [1.807, 2.05) is 31.2 Å². The number of hydrogen-bond acceptors (Lipinski definition) is 5.